The zero-order chi connectivity index (χ0) is 24.6. The predicted molar refractivity (Wildman–Crippen MR) is 130 cm³/mol. The third kappa shape index (κ3) is 6.91. The van der Waals surface area contributed by atoms with Gasteiger partial charge in [-0.25, -0.2) is 13.4 Å². The van der Waals surface area contributed by atoms with Crippen molar-refractivity contribution in [1.82, 2.24) is 9.88 Å². The van der Waals surface area contributed by atoms with E-state index in [9.17, 15) is 18.0 Å². The Hall–Kier alpha value is -4.18. The normalized spacial score (nSPS) is 11.1. The molecule has 3 rings (SSSR count). The summed E-state index contributed by atoms with van der Waals surface area (Å²) < 4.78 is 32.4. The Morgan fingerprint density at radius 3 is 2.50 bits per heavy atom. The van der Waals surface area contributed by atoms with Gasteiger partial charge in [-0.3, -0.25) is 14.3 Å². The fourth-order valence-corrected chi connectivity index (χ4v) is 3.88. The molecule has 0 spiro atoms. The zero-order valence-corrected chi connectivity index (χ0v) is 19.5. The van der Waals surface area contributed by atoms with Gasteiger partial charge in [0.2, 0.25) is 11.8 Å². The number of nitrogens with zero attached hydrogens (tertiary/aromatic N) is 2. The lowest BCUT2D eigenvalue weighted by molar-refractivity contribution is -0.129. The molecule has 1 heterocycles. The standard InChI is InChI=1S/C24H24N4O5S/c1-28(24(30)14-9-18-6-5-7-20(16-18)33-2)17-23(29)26-19-10-12-21(13-11-19)34(31,32)27-22-8-3-4-15-25-22/h3-16H,17H2,1-2H3,(H,25,27)(H,26,29)/b14-9+. The number of carbonyl (C=O) groups is 2. The number of amides is 2. The van der Waals surface area contributed by atoms with E-state index in [1.165, 1.54) is 54.6 Å². The highest BCUT2D eigenvalue weighted by Gasteiger charge is 2.15. The number of anilines is 2. The monoisotopic (exact) mass is 480 g/mol. The van der Waals surface area contributed by atoms with Crippen LogP contribution in [0.3, 0.4) is 0 Å². The van der Waals surface area contributed by atoms with Crippen molar-refractivity contribution in [3.8, 4) is 5.75 Å². The van der Waals surface area contributed by atoms with Crippen molar-refractivity contribution < 1.29 is 22.7 Å². The van der Waals surface area contributed by atoms with Crippen LogP contribution in [0.25, 0.3) is 6.08 Å². The average molecular weight is 481 g/mol. The smallest absolute Gasteiger partial charge is 0.263 e. The number of sulfonamides is 1. The number of hydrogen-bond donors (Lipinski definition) is 2. The first-order valence-corrected chi connectivity index (χ1v) is 11.7. The highest BCUT2D eigenvalue weighted by molar-refractivity contribution is 7.92. The lowest BCUT2D eigenvalue weighted by Gasteiger charge is -2.15. The van der Waals surface area contributed by atoms with E-state index in [2.05, 4.69) is 15.0 Å². The predicted octanol–water partition coefficient (Wildman–Crippen LogP) is 3.00. The second kappa shape index (κ2) is 11.1. The first-order chi connectivity index (χ1) is 16.3. The molecule has 9 nitrogen and oxygen atoms in total. The summed E-state index contributed by atoms with van der Waals surface area (Å²) in [5.74, 6) is 0.106. The molecule has 176 valence electrons. The van der Waals surface area contributed by atoms with Crippen LogP contribution in [0.1, 0.15) is 5.56 Å². The minimum atomic E-state index is -3.82. The van der Waals surface area contributed by atoms with Crippen molar-refractivity contribution in [2.45, 2.75) is 4.90 Å². The quantitative estimate of drug-likeness (QED) is 0.455. The van der Waals surface area contributed by atoms with Crippen LogP contribution in [0.5, 0.6) is 5.75 Å². The number of ether oxygens (including phenoxy) is 1. The Bertz CT molecular complexity index is 1280. The molecule has 0 atom stereocenters. The van der Waals surface area contributed by atoms with Gasteiger partial charge in [-0.05, 0) is 60.2 Å². The van der Waals surface area contributed by atoms with Gasteiger partial charge in [0.05, 0.1) is 18.6 Å². The lowest BCUT2D eigenvalue weighted by atomic mass is 10.2. The molecule has 0 aliphatic rings. The van der Waals surface area contributed by atoms with E-state index >= 15 is 0 Å². The molecule has 2 N–H and O–H groups in total. The number of likely N-dealkylation sites (N-methyl/N-ethyl adjacent to an activating group) is 1. The van der Waals surface area contributed by atoms with Gasteiger partial charge < -0.3 is 15.0 Å². The highest BCUT2D eigenvalue weighted by atomic mass is 32.2. The first kappa shape index (κ1) is 24.5. The molecular weight excluding hydrogens is 456 g/mol. The summed E-state index contributed by atoms with van der Waals surface area (Å²) in [7, 11) is -0.744. The van der Waals surface area contributed by atoms with Crippen molar-refractivity contribution in [1.29, 1.82) is 0 Å². The van der Waals surface area contributed by atoms with E-state index in [1.54, 1.807) is 37.5 Å². The number of benzene rings is 2. The second-order valence-corrected chi connectivity index (χ2v) is 8.88. The summed E-state index contributed by atoms with van der Waals surface area (Å²) in [5, 5.41) is 2.64. The number of rotatable bonds is 9. The lowest BCUT2D eigenvalue weighted by Crippen LogP contribution is -2.33. The van der Waals surface area contributed by atoms with Crippen LogP contribution in [-0.2, 0) is 19.6 Å². The minimum Gasteiger partial charge on any atom is -0.497 e. The molecule has 2 amide bonds. The van der Waals surface area contributed by atoms with Crippen LogP contribution in [0, 0.1) is 0 Å². The molecule has 2 aromatic carbocycles. The summed E-state index contributed by atoms with van der Waals surface area (Å²) in [6.45, 7) is -0.178. The van der Waals surface area contributed by atoms with Crippen LogP contribution < -0.4 is 14.8 Å². The molecule has 0 aliphatic carbocycles. The Labute approximate surface area is 198 Å². The van der Waals surface area contributed by atoms with E-state index in [-0.39, 0.29) is 23.2 Å². The van der Waals surface area contributed by atoms with E-state index in [0.29, 0.717) is 11.4 Å². The molecular formula is C24H24N4O5S. The van der Waals surface area contributed by atoms with E-state index in [1.807, 2.05) is 12.1 Å². The average Bonchev–Trinajstić information content (AvgIpc) is 2.83. The molecule has 3 aromatic rings. The van der Waals surface area contributed by atoms with Gasteiger partial charge in [0.1, 0.15) is 11.6 Å². The van der Waals surface area contributed by atoms with Gasteiger partial charge in [-0.15, -0.1) is 0 Å². The SMILES string of the molecule is COc1cccc(/C=C/C(=O)N(C)CC(=O)Nc2ccc(S(=O)(=O)Nc3ccccn3)cc2)c1. The number of methoxy groups -OCH3 is 1. The maximum Gasteiger partial charge on any atom is 0.263 e. The summed E-state index contributed by atoms with van der Waals surface area (Å²) in [4.78, 5) is 29.9. The fourth-order valence-electron chi connectivity index (χ4n) is 2.87. The van der Waals surface area contributed by atoms with Crippen molar-refractivity contribution >= 4 is 39.4 Å². The minimum absolute atomic E-state index is 0.0196. The maximum atomic E-state index is 12.5. The molecule has 0 bridgehead atoms. The Morgan fingerprint density at radius 1 is 1.06 bits per heavy atom. The van der Waals surface area contributed by atoms with Crippen LogP contribution in [0.2, 0.25) is 0 Å². The molecule has 0 saturated heterocycles. The molecule has 0 aliphatic heterocycles. The van der Waals surface area contributed by atoms with Gasteiger partial charge in [-0.2, -0.15) is 0 Å². The van der Waals surface area contributed by atoms with Crippen LogP contribution in [0.15, 0.2) is 83.9 Å². The Kier molecular flexibility index (Phi) is 7.99. The topological polar surface area (TPSA) is 118 Å². The number of pyridine rings is 1. The van der Waals surface area contributed by atoms with E-state index in [0.717, 1.165) is 5.56 Å². The van der Waals surface area contributed by atoms with E-state index in [4.69, 9.17) is 4.74 Å². The van der Waals surface area contributed by atoms with Crippen molar-refractivity contribution in [2.75, 3.05) is 30.7 Å². The molecule has 1 aromatic heterocycles. The molecule has 0 saturated carbocycles. The van der Waals surface area contributed by atoms with Gasteiger partial charge in [0, 0.05) is 25.0 Å². The largest absolute Gasteiger partial charge is 0.497 e. The fraction of sp³-hybridized carbons (Fsp3) is 0.125. The number of nitrogens with one attached hydrogen (secondary N) is 2. The molecule has 10 heteroatoms. The third-order valence-corrected chi connectivity index (χ3v) is 5.99. The van der Waals surface area contributed by atoms with Crippen LogP contribution in [0.4, 0.5) is 11.5 Å². The zero-order valence-electron chi connectivity index (χ0n) is 18.6. The highest BCUT2D eigenvalue weighted by Crippen LogP contribution is 2.17. The summed E-state index contributed by atoms with van der Waals surface area (Å²) in [5.41, 5.74) is 1.19. The number of aromatic nitrogens is 1. The Balaban J connectivity index is 1.54. The molecule has 0 fully saturated rings. The van der Waals surface area contributed by atoms with Crippen LogP contribution in [-0.4, -0.2) is 50.8 Å². The van der Waals surface area contributed by atoms with Gasteiger partial charge in [-0.1, -0.05) is 18.2 Å². The van der Waals surface area contributed by atoms with Gasteiger partial charge in [0.25, 0.3) is 10.0 Å². The summed E-state index contributed by atoms with van der Waals surface area (Å²) >= 11 is 0. The van der Waals surface area contributed by atoms with Crippen molar-refractivity contribution in [3.05, 3.63) is 84.6 Å². The van der Waals surface area contributed by atoms with Gasteiger partial charge in [0.15, 0.2) is 0 Å². The van der Waals surface area contributed by atoms with Crippen LogP contribution >= 0.6 is 0 Å². The first-order valence-electron chi connectivity index (χ1n) is 10.2. The second-order valence-electron chi connectivity index (χ2n) is 7.20. The van der Waals surface area contributed by atoms with E-state index < -0.39 is 15.9 Å². The van der Waals surface area contributed by atoms with Crippen molar-refractivity contribution in [3.63, 3.8) is 0 Å². The summed E-state index contributed by atoms with van der Waals surface area (Å²) in [6, 6.07) is 17.8. The van der Waals surface area contributed by atoms with Crippen molar-refractivity contribution in [2.24, 2.45) is 0 Å². The summed E-state index contributed by atoms with van der Waals surface area (Å²) in [6.07, 6.45) is 4.49. The number of hydrogen-bond acceptors (Lipinski definition) is 6. The van der Waals surface area contributed by atoms with Gasteiger partial charge >= 0.3 is 0 Å². The molecule has 34 heavy (non-hydrogen) atoms. The Morgan fingerprint density at radius 2 is 1.82 bits per heavy atom. The third-order valence-electron chi connectivity index (χ3n) is 4.62. The molecule has 0 unspecified atom stereocenters. The number of carbonyl (C=O) groups excluding carboxylic acids is 2. The molecule has 0 radical (unpaired) electrons. The maximum absolute atomic E-state index is 12.5.